The van der Waals surface area contributed by atoms with Crippen LogP contribution in [0.15, 0.2) is 0 Å². The summed E-state index contributed by atoms with van der Waals surface area (Å²) in [4.78, 5) is 0. The Bertz CT molecular complexity index is 212. The predicted octanol–water partition coefficient (Wildman–Crippen LogP) is -2.75. The van der Waals surface area contributed by atoms with Crippen molar-refractivity contribution in [3.05, 3.63) is 0 Å². The first-order chi connectivity index (χ1) is 9.25. The van der Waals surface area contributed by atoms with E-state index < -0.39 is 0 Å². The second kappa shape index (κ2) is 10.5. The van der Waals surface area contributed by atoms with Gasteiger partial charge in [0.15, 0.2) is 0 Å². The Kier molecular flexibility index (Phi) is 9.27. The molecule has 0 radical (unpaired) electrons. The van der Waals surface area contributed by atoms with Gasteiger partial charge in [-0.15, -0.1) is 0 Å². The fraction of sp³-hybridized carbons (Fsp3) is 1.00. The van der Waals surface area contributed by atoms with E-state index in [0.29, 0.717) is 12.6 Å². The van der Waals surface area contributed by atoms with Gasteiger partial charge in [0.05, 0.1) is 6.04 Å². The zero-order valence-corrected chi connectivity index (χ0v) is 12.1. The molecule has 2 atom stereocenters. The summed E-state index contributed by atoms with van der Waals surface area (Å²) < 4.78 is 0. The molecule has 0 aliphatic carbocycles. The molecule has 7 heteroatoms. The van der Waals surface area contributed by atoms with Crippen molar-refractivity contribution in [3.63, 3.8) is 0 Å². The Labute approximate surface area is 116 Å². The Hall–Kier alpha value is -0.280. The first-order valence-corrected chi connectivity index (χ1v) is 7.33. The molecule has 7 nitrogen and oxygen atoms in total. The highest BCUT2D eigenvalue weighted by molar-refractivity contribution is 4.83. The monoisotopic (exact) mass is 273 g/mol. The topological polar surface area (TPSA) is 103 Å². The molecular formula is C12H31N7. The Morgan fingerprint density at radius 2 is 1.89 bits per heavy atom. The minimum absolute atomic E-state index is 0.175. The molecule has 8 N–H and O–H groups in total. The van der Waals surface area contributed by atoms with E-state index in [-0.39, 0.29) is 6.04 Å². The molecule has 2 unspecified atom stereocenters. The molecule has 0 aromatic rings. The van der Waals surface area contributed by atoms with Crippen molar-refractivity contribution in [1.29, 1.82) is 0 Å². The predicted molar refractivity (Wildman–Crippen MR) is 79.8 cm³/mol. The Morgan fingerprint density at radius 3 is 2.58 bits per heavy atom. The second-order valence-electron chi connectivity index (χ2n) is 5.02. The number of hydrogen-bond donors (Lipinski definition) is 6. The number of piperazine rings is 1. The summed E-state index contributed by atoms with van der Waals surface area (Å²) >= 11 is 0. The smallest absolute Gasteiger partial charge is 0.0517 e. The van der Waals surface area contributed by atoms with Crippen LogP contribution in [-0.4, -0.2) is 76.0 Å². The lowest BCUT2D eigenvalue weighted by Crippen LogP contribution is -2.62. The van der Waals surface area contributed by atoms with Crippen LogP contribution >= 0.6 is 0 Å². The Morgan fingerprint density at radius 1 is 1.21 bits per heavy atom. The highest BCUT2D eigenvalue weighted by atomic mass is 15.5. The van der Waals surface area contributed by atoms with Gasteiger partial charge >= 0.3 is 0 Å². The average Bonchev–Trinajstić information content (AvgIpc) is 2.42. The van der Waals surface area contributed by atoms with Gasteiger partial charge in [0.25, 0.3) is 0 Å². The molecule has 1 saturated heterocycles. The van der Waals surface area contributed by atoms with Crippen molar-refractivity contribution in [3.8, 4) is 0 Å². The number of hydrogen-bond acceptors (Lipinski definition) is 7. The van der Waals surface area contributed by atoms with Gasteiger partial charge in [-0.3, -0.25) is 5.43 Å². The molecule has 1 aliphatic rings. The van der Waals surface area contributed by atoms with Crippen molar-refractivity contribution < 1.29 is 0 Å². The highest BCUT2D eigenvalue weighted by Crippen LogP contribution is 2.02. The van der Waals surface area contributed by atoms with Crippen LogP contribution in [0.3, 0.4) is 0 Å². The van der Waals surface area contributed by atoms with Gasteiger partial charge in [-0.1, -0.05) is 0 Å². The maximum Gasteiger partial charge on any atom is 0.0517 e. The normalized spacial score (nSPS) is 22.6. The van der Waals surface area contributed by atoms with Crippen LogP contribution in [0.4, 0.5) is 0 Å². The fourth-order valence-electron chi connectivity index (χ4n) is 2.21. The highest BCUT2D eigenvalue weighted by Gasteiger charge is 2.24. The third-order valence-electron chi connectivity index (χ3n) is 3.31. The van der Waals surface area contributed by atoms with Gasteiger partial charge in [0.2, 0.25) is 0 Å². The minimum Gasteiger partial charge on any atom is -0.329 e. The van der Waals surface area contributed by atoms with Gasteiger partial charge in [-0.2, -0.15) is 0 Å². The molecule has 1 fully saturated rings. The van der Waals surface area contributed by atoms with E-state index in [1.54, 1.807) is 0 Å². The van der Waals surface area contributed by atoms with Crippen LogP contribution in [0.25, 0.3) is 0 Å². The van der Waals surface area contributed by atoms with E-state index in [2.05, 4.69) is 33.3 Å². The number of nitrogens with two attached hydrogens (primary N) is 2. The van der Waals surface area contributed by atoms with Crippen LogP contribution < -0.4 is 32.8 Å². The molecule has 0 saturated carbocycles. The third-order valence-corrected chi connectivity index (χ3v) is 3.31. The van der Waals surface area contributed by atoms with Gasteiger partial charge in [0.1, 0.15) is 0 Å². The lowest BCUT2D eigenvalue weighted by molar-refractivity contribution is 0.0846. The molecule has 0 aromatic carbocycles. The maximum absolute atomic E-state index is 6.00. The molecule has 0 spiro atoms. The second-order valence-corrected chi connectivity index (χ2v) is 5.02. The molecule has 0 aromatic heterocycles. The summed E-state index contributed by atoms with van der Waals surface area (Å²) in [5.74, 6) is 0. The van der Waals surface area contributed by atoms with Gasteiger partial charge in [-0.05, 0) is 6.92 Å². The average molecular weight is 273 g/mol. The largest absolute Gasteiger partial charge is 0.329 e. The Balaban J connectivity index is 2.01. The van der Waals surface area contributed by atoms with E-state index in [4.69, 9.17) is 11.5 Å². The quantitative estimate of drug-likeness (QED) is 0.240. The third kappa shape index (κ3) is 7.17. The van der Waals surface area contributed by atoms with E-state index in [1.807, 2.05) is 0 Å². The summed E-state index contributed by atoms with van der Waals surface area (Å²) in [6, 6.07) is 0.550. The van der Waals surface area contributed by atoms with Crippen molar-refractivity contribution in [2.24, 2.45) is 11.5 Å². The SMILES string of the molecule is CC(N)C1CNCCN1NCCNCCNCCN. The van der Waals surface area contributed by atoms with Crippen molar-refractivity contribution in [2.75, 3.05) is 58.9 Å². The van der Waals surface area contributed by atoms with Crippen LogP contribution in [0, 0.1) is 0 Å². The van der Waals surface area contributed by atoms with Crippen LogP contribution in [-0.2, 0) is 0 Å². The lowest BCUT2D eigenvalue weighted by Gasteiger charge is -2.38. The standard InChI is InChI=1S/C12H31N7/c1-11(14)12-10-17-8-9-19(12)18-7-6-16-5-4-15-3-2-13/h11-12,15-18H,2-10,13-14H2,1H3. The van der Waals surface area contributed by atoms with E-state index in [0.717, 1.165) is 52.4 Å². The summed E-state index contributed by atoms with van der Waals surface area (Å²) in [7, 11) is 0. The lowest BCUT2D eigenvalue weighted by atomic mass is 10.1. The van der Waals surface area contributed by atoms with Crippen molar-refractivity contribution >= 4 is 0 Å². The number of hydrazine groups is 1. The molecule has 114 valence electrons. The molecule has 1 aliphatic heterocycles. The minimum atomic E-state index is 0.175. The van der Waals surface area contributed by atoms with Crippen molar-refractivity contribution in [1.82, 2.24) is 26.4 Å². The van der Waals surface area contributed by atoms with Crippen LogP contribution in [0.2, 0.25) is 0 Å². The summed E-state index contributed by atoms with van der Waals surface area (Å²) in [5, 5.41) is 12.3. The number of rotatable bonds is 10. The first-order valence-electron chi connectivity index (χ1n) is 7.33. The van der Waals surface area contributed by atoms with E-state index in [1.165, 1.54) is 0 Å². The zero-order chi connectivity index (χ0) is 13.9. The summed E-state index contributed by atoms with van der Waals surface area (Å²) in [6.45, 7) is 10.5. The van der Waals surface area contributed by atoms with Crippen molar-refractivity contribution in [2.45, 2.75) is 19.0 Å². The van der Waals surface area contributed by atoms with E-state index >= 15 is 0 Å². The first kappa shape index (κ1) is 16.8. The van der Waals surface area contributed by atoms with Crippen LogP contribution in [0.5, 0.6) is 0 Å². The number of nitrogens with one attached hydrogen (secondary N) is 4. The molecular weight excluding hydrogens is 242 g/mol. The van der Waals surface area contributed by atoms with Gasteiger partial charge in [-0.25, -0.2) is 5.01 Å². The molecule has 0 amide bonds. The zero-order valence-electron chi connectivity index (χ0n) is 12.1. The van der Waals surface area contributed by atoms with E-state index in [9.17, 15) is 0 Å². The summed E-state index contributed by atoms with van der Waals surface area (Å²) in [5.41, 5.74) is 14.9. The fourth-order valence-corrected chi connectivity index (χ4v) is 2.21. The number of nitrogens with zero attached hydrogens (tertiary/aromatic N) is 1. The molecule has 1 rings (SSSR count). The van der Waals surface area contributed by atoms with Gasteiger partial charge < -0.3 is 27.4 Å². The summed E-state index contributed by atoms with van der Waals surface area (Å²) in [6.07, 6.45) is 0. The maximum atomic E-state index is 6.00. The molecule has 19 heavy (non-hydrogen) atoms. The van der Waals surface area contributed by atoms with Gasteiger partial charge in [0, 0.05) is 64.9 Å². The van der Waals surface area contributed by atoms with Crippen LogP contribution in [0.1, 0.15) is 6.92 Å². The molecule has 1 heterocycles. The molecule has 0 bridgehead atoms.